The quantitative estimate of drug-likeness (QED) is 0.581. The first kappa shape index (κ1) is 24.8. The fourth-order valence-electron chi connectivity index (χ4n) is 1.33. The van der Waals surface area contributed by atoms with E-state index in [9.17, 15) is 4.39 Å². The van der Waals surface area contributed by atoms with Crippen LogP contribution in [0.3, 0.4) is 0 Å². The molecule has 1 nitrogen and oxygen atoms in total. The molecule has 21 heavy (non-hydrogen) atoms. The molecule has 0 N–H and O–H groups in total. The van der Waals surface area contributed by atoms with Crippen LogP contribution < -0.4 is 0 Å². The molecule has 0 bridgehead atoms. The van der Waals surface area contributed by atoms with Gasteiger partial charge in [-0.05, 0) is 31.9 Å². The number of carbonyl (C=O) groups excluding carboxylic acids is 1. The number of rotatable bonds is 3. The van der Waals surface area contributed by atoms with Crippen LogP contribution in [0.5, 0.6) is 0 Å². The van der Waals surface area contributed by atoms with Gasteiger partial charge < -0.3 is 4.79 Å². The molecular weight excluding hydrogens is 263 g/mol. The largest absolute Gasteiger partial charge is 0.304 e. The average Bonchev–Trinajstić information content (AvgIpc) is 2.45. The second-order valence-electron chi connectivity index (χ2n) is 4.74. The van der Waals surface area contributed by atoms with Crippen molar-refractivity contribution in [2.45, 2.75) is 80.6 Å². The van der Waals surface area contributed by atoms with Crippen LogP contribution in [0.1, 0.15) is 78.4 Å². The second-order valence-corrected chi connectivity index (χ2v) is 4.74. The van der Waals surface area contributed by atoms with Gasteiger partial charge in [-0.2, -0.15) is 0 Å². The third kappa shape index (κ3) is 21.3. The molecule has 0 atom stereocenters. The van der Waals surface area contributed by atoms with Crippen LogP contribution in [0.25, 0.3) is 0 Å². The molecule has 124 valence electrons. The van der Waals surface area contributed by atoms with Crippen molar-refractivity contribution in [1.29, 1.82) is 0 Å². The summed E-state index contributed by atoms with van der Waals surface area (Å²) in [5.41, 5.74) is 1.93. The normalized spacial score (nSPS) is 8.19. The van der Waals surface area contributed by atoms with E-state index in [1.54, 1.807) is 6.07 Å². The van der Waals surface area contributed by atoms with E-state index < -0.39 is 0 Å². The SMILES string of the molecule is CC=O.CCC.CCCCC.CCc1cc(C)ccc1F. The zero-order valence-electron chi connectivity index (χ0n) is 15.1. The molecule has 0 aliphatic rings. The van der Waals surface area contributed by atoms with Gasteiger partial charge in [0.15, 0.2) is 0 Å². The third-order valence-corrected chi connectivity index (χ3v) is 2.29. The second kappa shape index (κ2) is 21.1. The van der Waals surface area contributed by atoms with Gasteiger partial charge in [-0.3, -0.25) is 0 Å². The van der Waals surface area contributed by atoms with Gasteiger partial charge in [-0.25, -0.2) is 4.39 Å². The number of aryl methyl sites for hydroxylation is 2. The highest BCUT2D eigenvalue weighted by atomic mass is 19.1. The molecule has 0 unspecified atom stereocenters. The topological polar surface area (TPSA) is 17.1 Å². The van der Waals surface area contributed by atoms with E-state index in [1.807, 2.05) is 19.9 Å². The van der Waals surface area contributed by atoms with Crippen molar-refractivity contribution >= 4 is 6.29 Å². The Bertz CT molecular complexity index is 319. The number of aldehydes is 1. The predicted molar refractivity (Wildman–Crippen MR) is 93.4 cm³/mol. The molecule has 0 aliphatic carbocycles. The predicted octanol–water partition coefficient (Wildman–Crippen LogP) is 6.51. The first-order valence-corrected chi connectivity index (χ1v) is 8.13. The fraction of sp³-hybridized carbons (Fsp3) is 0.632. The lowest BCUT2D eigenvalue weighted by molar-refractivity contribution is -0.106. The van der Waals surface area contributed by atoms with Crippen LogP contribution in [0.2, 0.25) is 0 Å². The lowest BCUT2D eigenvalue weighted by Gasteiger charge is -1.99. The molecule has 0 heterocycles. The van der Waals surface area contributed by atoms with Gasteiger partial charge in [0.05, 0.1) is 0 Å². The number of unbranched alkanes of at least 4 members (excludes halogenated alkanes) is 2. The summed E-state index contributed by atoms with van der Waals surface area (Å²) in [6.45, 7) is 14.0. The Balaban J connectivity index is -0.000000249. The van der Waals surface area contributed by atoms with Crippen molar-refractivity contribution in [3.05, 3.63) is 35.1 Å². The van der Waals surface area contributed by atoms with Crippen LogP contribution in [-0.2, 0) is 11.2 Å². The Morgan fingerprint density at radius 2 is 1.48 bits per heavy atom. The van der Waals surface area contributed by atoms with Crippen LogP contribution in [0.4, 0.5) is 4.39 Å². The van der Waals surface area contributed by atoms with E-state index in [2.05, 4.69) is 27.7 Å². The maximum Gasteiger partial charge on any atom is 0.126 e. The van der Waals surface area contributed by atoms with Gasteiger partial charge in [-0.15, -0.1) is 0 Å². The van der Waals surface area contributed by atoms with Crippen LogP contribution in [-0.4, -0.2) is 6.29 Å². The third-order valence-electron chi connectivity index (χ3n) is 2.29. The van der Waals surface area contributed by atoms with Gasteiger partial charge in [-0.1, -0.05) is 78.0 Å². The Hall–Kier alpha value is -1.18. The van der Waals surface area contributed by atoms with Crippen molar-refractivity contribution in [2.24, 2.45) is 0 Å². The molecular formula is C19H35FO. The Morgan fingerprint density at radius 3 is 1.71 bits per heavy atom. The van der Waals surface area contributed by atoms with E-state index in [-0.39, 0.29) is 5.82 Å². The summed E-state index contributed by atoms with van der Waals surface area (Å²) in [5, 5.41) is 0. The van der Waals surface area contributed by atoms with E-state index in [0.717, 1.165) is 23.8 Å². The molecule has 1 aromatic rings. The molecule has 0 radical (unpaired) electrons. The zero-order chi connectivity index (χ0) is 17.1. The maximum atomic E-state index is 12.8. The Kier molecular flexibility index (Phi) is 25.0. The number of halogens is 1. The molecule has 0 fully saturated rings. The summed E-state index contributed by atoms with van der Waals surface area (Å²) in [4.78, 5) is 8.81. The molecule has 1 aromatic carbocycles. The molecule has 1 rings (SSSR count). The lowest BCUT2D eigenvalue weighted by atomic mass is 10.1. The first-order chi connectivity index (χ1) is 9.98. The highest BCUT2D eigenvalue weighted by molar-refractivity contribution is 5.44. The summed E-state index contributed by atoms with van der Waals surface area (Å²) in [5.74, 6) is -0.0897. The molecule has 0 amide bonds. The van der Waals surface area contributed by atoms with Crippen molar-refractivity contribution in [3.8, 4) is 0 Å². The standard InChI is InChI=1S/C9H11F.C5H12.C3H8.C2H4O/c1-3-8-6-7(2)4-5-9(8)10;1-3-5-4-2;1-3-2;1-2-3/h4-6H,3H2,1-2H3;3-5H2,1-2H3;3H2,1-2H3;2H,1H3. The zero-order valence-corrected chi connectivity index (χ0v) is 15.1. The molecule has 0 aliphatic heterocycles. The van der Waals surface area contributed by atoms with Crippen molar-refractivity contribution in [2.75, 3.05) is 0 Å². The minimum Gasteiger partial charge on any atom is -0.304 e. The van der Waals surface area contributed by atoms with E-state index in [1.165, 1.54) is 38.7 Å². The number of hydrogen-bond acceptors (Lipinski definition) is 1. The van der Waals surface area contributed by atoms with Gasteiger partial charge in [0.1, 0.15) is 12.1 Å². The van der Waals surface area contributed by atoms with Crippen LogP contribution in [0, 0.1) is 12.7 Å². The summed E-state index contributed by atoms with van der Waals surface area (Å²) in [6, 6.07) is 5.19. The molecule has 0 spiro atoms. The van der Waals surface area contributed by atoms with E-state index in [4.69, 9.17) is 4.79 Å². The van der Waals surface area contributed by atoms with Gasteiger partial charge >= 0.3 is 0 Å². The lowest BCUT2D eigenvalue weighted by Crippen LogP contribution is -1.87. The molecule has 0 saturated heterocycles. The minimum atomic E-state index is -0.0897. The van der Waals surface area contributed by atoms with Gasteiger partial charge in [0, 0.05) is 0 Å². The number of carbonyl (C=O) groups is 1. The maximum absolute atomic E-state index is 12.8. The molecule has 0 saturated carbocycles. The van der Waals surface area contributed by atoms with Gasteiger partial charge in [0.2, 0.25) is 0 Å². The molecule has 0 aromatic heterocycles. The number of hydrogen-bond donors (Lipinski definition) is 0. The summed E-state index contributed by atoms with van der Waals surface area (Å²) >= 11 is 0. The number of benzene rings is 1. The highest BCUT2D eigenvalue weighted by Gasteiger charge is 1.97. The Labute approximate surface area is 132 Å². The van der Waals surface area contributed by atoms with E-state index in [0.29, 0.717) is 0 Å². The van der Waals surface area contributed by atoms with Crippen LogP contribution in [0.15, 0.2) is 18.2 Å². The first-order valence-electron chi connectivity index (χ1n) is 8.13. The van der Waals surface area contributed by atoms with Crippen molar-refractivity contribution < 1.29 is 9.18 Å². The Morgan fingerprint density at radius 1 is 1.05 bits per heavy atom. The average molecular weight is 298 g/mol. The van der Waals surface area contributed by atoms with Crippen molar-refractivity contribution in [3.63, 3.8) is 0 Å². The smallest absolute Gasteiger partial charge is 0.126 e. The van der Waals surface area contributed by atoms with E-state index >= 15 is 0 Å². The highest BCUT2D eigenvalue weighted by Crippen LogP contribution is 2.09. The van der Waals surface area contributed by atoms with Crippen LogP contribution >= 0.6 is 0 Å². The molecule has 2 heteroatoms. The van der Waals surface area contributed by atoms with Crippen molar-refractivity contribution in [1.82, 2.24) is 0 Å². The summed E-state index contributed by atoms with van der Waals surface area (Å²) < 4.78 is 12.8. The fourth-order valence-corrected chi connectivity index (χ4v) is 1.33. The monoisotopic (exact) mass is 298 g/mol. The summed E-state index contributed by atoms with van der Waals surface area (Å²) in [6.07, 6.45) is 6.85. The summed E-state index contributed by atoms with van der Waals surface area (Å²) in [7, 11) is 0. The minimum absolute atomic E-state index is 0.0897. The van der Waals surface area contributed by atoms with Gasteiger partial charge in [0.25, 0.3) is 0 Å².